The normalized spacial score (nSPS) is 12.2. The molecule has 0 heterocycles. The molecule has 4 heteroatoms. The zero-order chi connectivity index (χ0) is 21.6. The Morgan fingerprint density at radius 2 is 1.20 bits per heavy atom. The molecule has 0 saturated carbocycles. The summed E-state index contributed by atoms with van der Waals surface area (Å²) in [5.74, 6) is -0.526. The van der Waals surface area contributed by atoms with Crippen molar-refractivity contribution in [2.45, 2.75) is 19.8 Å². The number of primary amides is 1. The van der Waals surface area contributed by atoms with Crippen LogP contribution in [0.4, 0.5) is 0 Å². The molecule has 30 heavy (non-hydrogen) atoms. The SMILES string of the molecule is [CH]/C(=C(/CC)C(=N)CC(N)=O)[P+](c1ccccc1)(c1ccccc1)c1ccccc1. The van der Waals surface area contributed by atoms with Gasteiger partial charge in [-0.05, 0) is 42.8 Å². The number of carbonyl (C=O) groups excluding carboxylic acids is 1. The van der Waals surface area contributed by atoms with Gasteiger partial charge in [0.1, 0.15) is 23.2 Å². The van der Waals surface area contributed by atoms with Gasteiger partial charge >= 0.3 is 0 Å². The van der Waals surface area contributed by atoms with Crippen molar-refractivity contribution < 1.29 is 4.79 Å². The maximum atomic E-state index is 11.5. The van der Waals surface area contributed by atoms with Crippen LogP contribution in [0.2, 0.25) is 0 Å². The molecule has 3 nitrogen and oxygen atoms in total. The van der Waals surface area contributed by atoms with Crippen LogP contribution in [0.3, 0.4) is 0 Å². The van der Waals surface area contributed by atoms with E-state index >= 15 is 0 Å². The first-order valence-corrected chi connectivity index (χ1v) is 11.7. The van der Waals surface area contributed by atoms with E-state index in [0.717, 1.165) is 15.9 Å². The second-order valence-corrected chi connectivity index (χ2v) is 10.4. The van der Waals surface area contributed by atoms with Crippen LogP contribution >= 0.6 is 7.26 Å². The van der Waals surface area contributed by atoms with Gasteiger partial charge < -0.3 is 11.1 Å². The number of nitrogens with one attached hydrogen (secondary N) is 1. The fourth-order valence-corrected chi connectivity index (χ4v) is 8.14. The third kappa shape index (κ3) is 4.13. The summed E-state index contributed by atoms with van der Waals surface area (Å²) in [5.41, 5.74) is 6.28. The molecule has 0 fully saturated rings. The van der Waals surface area contributed by atoms with Crippen LogP contribution in [0, 0.1) is 12.3 Å². The lowest BCUT2D eigenvalue weighted by atomic mass is 10.1. The van der Waals surface area contributed by atoms with E-state index in [1.165, 1.54) is 0 Å². The van der Waals surface area contributed by atoms with Gasteiger partial charge in [0, 0.05) is 18.2 Å². The maximum Gasteiger partial charge on any atom is 0.223 e. The van der Waals surface area contributed by atoms with E-state index in [0.29, 0.717) is 17.3 Å². The number of benzene rings is 3. The highest BCUT2D eigenvalue weighted by atomic mass is 31.2. The summed E-state index contributed by atoms with van der Waals surface area (Å²) in [6.45, 7) is 8.98. The quantitative estimate of drug-likeness (QED) is 0.421. The van der Waals surface area contributed by atoms with E-state index < -0.39 is 13.2 Å². The number of nitrogens with two attached hydrogens (primary N) is 1. The van der Waals surface area contributed by atoms with Gasteiger partial charge in [0.2, 0.25) is 5.91 Å². The molecule has 0 saturated heterocycles. The van der Waals surface area contributed by atoms with Crippen LogP contribution in [0.15, 0.2) is 102 Å². The third-order valence-corrected chi connectivity index (χ3v) is 9.38. The summed E-state index contributed by atoms with van der Waals surface area (Å²) in [5, 5.41) is 12.5. The van der Waals surface area contributed by atoms with Crippen molar-refractivity contribution in [3.8, 4) is 0 Å². The molecule has 0 aliphatic carbocycles. The Morgan fingerprint density at radius 1 is 0.833 bits per heavy atom. The first-order valence-electron chi connectivity index (χ1n) is 9.93. The fraction of sp³-hybridized carbons (Fsp3) is 0.115. The van der Waals surface area contributed by atoms with Gasteiger partial charge in [-0.3, -0.25) is 4.79 Å². The van der Waals surface area contributed by atoms with Gasteiger partial charge in [0.05, 0.1) is 11.7 Å². The maximum absolute atomic E-state index is 11.5. The molecule has 0 aliphatic rings. The van der Waals surface area contributed by atoms with Gasteiger partial charge in [-0.25, -0.2) is 0 Å². The molecular weight excluding hydrogens is 387 g/mol. The Balaban J connectivity index is 2.44. The van der Waals surface area contributed by atoms with Crippen LogP contribution in [0.1, 0.15) is 19.8 Å². The molecule has 3 rings (SSSR count). The lowest BCUT2D eigenvalue weighted by Crippen LogP contribution is -2.33. The van der Waals surface area contributed by atoms with E-state index in [1.807, 2.05) is 61.5 Å². The first-order chi connectivity index (χ1) is 14.5. The second kappa shape index (κ2) is 9.65. The molecule has 3 aromatic carbocycles. The molecular formula is C26H26N2OP+. The topological polar surface area (TPSA) is 66.9 Å². The van der Waals surface area contributed by atoms with Crippen molar-refractivity contribution in [2.24, 2.45) is 5.73 Å². The van der Waals surface area contributed by atoms with Gasteiger partial charge in [-0.15, -0.1) is 0 Å². The molecule has 0 aromatic heterocycles. The predicted octanol–water partition coefficient (Wildman–Crippen LogP) is 4.25. The van der Waals surface area contributed by atoms with Crippen molar-refractivity contribution in [2.75, 3.05) is 0 Å². The van der Waals surface area contributed by atoms with E-state index in [-0.39, 0.29) is 12.1 Å². The zero-order valence-corrected chi connectivity index (χ0v) is 18.0. The summed E-state index contributed by atoms with van der Waals surface area (Å²) in [6.07, 6.45) is 0.425. The van der Waals surface area contributed by atoms with Crippen molar-refractivity contribution in [3.05, 3.63) is 109 Å². The van der Waals surface area contributed by atoms with Gasteiger partial charge in [-0.1, -0.05) is 61.5 Å². The Labute approximate surface area is 179 Å². The van der Waals surface area contributed by atoms with Gasteiger partial charge in [-0.2, -0.15) is 0 Å². The number of hydrogen-bond acceptors (Lipinski definition) is 2. The van der Waals surface area contributed by atoms with Gasteiger partial charge in [0.25, 0.3) is 0 Å². The number of carbonyl (C=O) groups is 1. The molecule has 3 N–H and O–H groups in total. The summed E-state index contributed by atoms with van der Waals surface area (Å²) in [7, 11) is -2.45. The van der Waals surface area contributed by atoms with Crippen LogP contribution in [0.5, 0.6) is 0 Å². The van der Waals surface area contributed by atoms with Crippen LogP contribution < -0.4 is 21.6 Å². The number of amides is 1. The Kier molecular flexibility index (Phi) is 6.97. The minimum absolute atomic E-state index is 0.123. The minimum atomic E-state index is -2.45. The largest absolute Gasteiger partial charge is 0.369 e. The molecule has 0 spiro atoms. The number of allylic oxidation sites excluding steroid dienone is 2. The fourth-order valence-electron chi connectivity index (χ4n) is 3.85. The monoisotopic (exact) mass is 413 g/mol. The molecule has 1 amide bonds. The summed E-state index contributed by atoms with van der Waals surface area (Å²) >= 11 is 0. The lowest BCUT2D eigenvalue weighted by molar-refractivity contribution is -0.116. The summed E-state index contributed by atoms with van der Waals surface area (Å²) < 4.78 is 0. The molecule has 150 valence electrons. The third-order valence-electron chi connectivity index (χ3n) is 5.17. The lowest BCUT2D eigenvalue weighted by Gasteiger charge is -2.29. The van der Waals surface area contributed by atoms with E-state index in [2.05, 4.69) is 36.4 Å². The molecule has 0 unspecified atom stereocenters. The van der Waals surface area contributed by atoms with Gasteiger partial charge in [0.15, 0.2) is 0 Å². The van der Waals surface area contributed by atoms with E-state index in [9.17, 15) is 4.79 Å². The first kappa shape index (κ1) is 21.7. The highest BCUT2D eigenvalue weighted by Gasteiger charge is 2.49. The summed E-state index contributed by atoms with van der Waals surface area (Å²) in [6, 6.07) is 30.7. The van der Waals surface area contributed by atoms with Crippen LogP contribution in [-0.2, 0) is 4.79 Å². The van der Waals surface area contributed by atoms with Crippen molar-refractivity contribution >= 4 is 34.8 Å². The smallest absolute Gasteiger partial charge is 0.223 e. The molecule has 0 aliphatic heterocycles. The molecule has 3 aromatic rings. The standard InChI is InChI=1S/C26H25N2OP/c1-3-24(25(27)19-26(28)29)20(2)30(21-13-7-4-8-14-21,22-15-9-5-10-16-22)23-17-11-6-12-18-23/h2,4-18,27H,3,19H2,1H3,(H-,28,29)/p+1/b24-20+,27-25?. The Hall–Kier alpha value is -3.03. The highest BCUT2D eigenvalue weighted by molar-refractivity contribution is 7.99. The molecule has 0 bridgehead atoms. The number of rotatable bonds is 8. The van der Waals surface area contributed by atoms with Crippen molar-refractivity contribution in [3.63, 3.8) is 0 Å². The van der Waals surface area contributed by atoms with Crippen molar-refractivity contribution in [1.82, 2.24) is 0 Å². The highest BCUT2D eigenvalue weighted by Crippen LogP contribution is 2.63. The van der Waals surface area contributed by atoms with E-state index in [1.54, 1.807) is 0 Å². The van der Waals surface area contributed by atoms with Crippen LogP contribution in [0.25, 0.3) is 0 Å². The molecule has 2 radical (unpaired) electrons. The van der Waals surface area contributed by atoms with Crippen LogP contribution in [-0.4, -0.2) is 11.6 Å². The Bertz CT molecular complexity index is 948. The number of hydrogen-bond donors (Lipinski definition) is 2. The van der Waals surface area contributed by atoms with E-state index in [4.69, 9.17) is 18.1 Å². The minimum Gasteiger partial charge on any atom is -0.369 e. The Morgan fingerprint density at radius 3 is 1.50 bits per heavy atom. The van der Waals surface area contributed by atoms with Crippen molar-refractivity contribution in [1.29, 1.82) is 5.41 Å². The average Bonchev–Trinajstić information content (AvgIpc) is 2.77. The average molecular weight is 413 g/mol. The zero-order valence-electron chi connectivity index (χ0n) is 17.1. The predicted molar refractivity (Wildman–Crippen MR) is 128 cm³/mol. The second-order valence-electron chi connectivity index (χ2n) is 7.02. The molecule has 0 atom stereocenters. The summed E-state index contributed by atoms with van der Waals surface area (Å²) in [4.78, 5) is 11.5.